The number of rotatable bonds is 3. The Balaban J connectivity index is 1.58. The number of hydrogen-bond donors (Lipinski definition) is 1. The molecule has 0 saturated carbocycles. The average Bonchev–Trinajstić information content (AvgIpc) is 3.08. The van der Waals surface area contributed by atoms with Crippen LogP contribution in [0, 0.1) is 6.92 Å². The highest BCUT2D eigenvalue weighted by molar-refractivity contribution is 7.09. The first-order chi connectivity index (χ1) is 12.2. The van der Waals surface area contributed by atoms with Gasteiger partial charge in [-0.1, -0.05) is 24.3 Å². The number of aryl methyl sites for hydroxylation is 1. The van der Waals surface area contributed by atoms with Crippen molar-refractivity contribution in [2.45, 2.75) is 6.92 Å². The number of benzene rings is 2. The number of aromatic nitrogens is 2. The maximum absolute atomic E-state index is 12.6. The predicted octanol–water partition coefficient (Wildman–Crippen LogP) is 4.92. The van der Waals surface area contributed by atoms with E-state index in [9.17, 15) is 4.79 Å². The van der Waals surface area contributed by atoms with Crippen molar-refractivity contribution in [1.29, 1.82) is 0 Å². The molecule has 0 aliphatic carbocycles. The molecule has 122 valence electrons. The molecule has 0 saturated heterocycles. The van der Waals surface area contributed by atoms with Gasteiger partial charge in [-0.3, -0.25) is 9.78 Å². The Hall–Kier alpha value is -3.05. The lowest BCUT2D eigenvalue weighted by atomic mass is 10.1. The molecule has 0 aliphatic rings. The van der Waals surface area contributed by atoms with Gasteiger partial charge in [-0.25, -0.2) is 4.98 Å². The van der Waals surface area contributed by atoms with Crippen molar-refractivity contribution in [2.75, 3.05) is 5.32 Å². The fourth-order valence-corrected chi connectivity index (χ4v) is 3.34. The molecule has 25 heavy (non-hydrogen) atoms. The van der Waals surface area contributed by atoms with Crippen molar-refractivity contribution in [3.8, 4) is 11.3 Å². The first-order valence-corrected chi connectivity index (χ1v) is 8.76. The molecule has 2 aromatic carbocycles. The monoisotopic (exact) mass is 345 g/mol. The minimum atomic E-state index is -0.143. The Kier molecular flexibility index (Phi) is 3.99. The molecule has 0 fully saturated rings. The molecular formula is C20H15N3OS. The van der Waals surface area contributed by atoms with Crippen LogP contribution >= 0.6 is 11.3 Å². The lowest BCUT2D eigenvalue weighted by molar-refractivity contribution is 0.102. The van der Waals surface area contributed by atoms with E-state index in [-0.39, 0.29) is 5.91 Å². The number of fused-ring (bicyclic) bond motifs is 1. The Morgan fingerprint density at radius 1 is 1.04 bits per heavy atom. The molecule has 4 nitrogen and oxygen atoms in total. The summed E-state index contributed by atoms with van der Waals surface area (Å²) < 4.78 is 0. The number of anilines is 1. The summed E-state index contributed by atoms with van der Waals surface area (Å²) in [7, 11) is 0. The summed E-state index contributed by atoms with van der Waals surface area (Å²) in [6.45, 7) is 1.99. The molecule has 2 heterocycles. The van der Waals surface area contributed by atoms with Crippen LogP contribution in [-0.4, -0.2) is 15.9 Å². The van der Waals surface area contributed by atoms with Crippen molar-refractivity contribution in [3.63, 3.8) is 0 Å². The fraction of sp³-hybridized carbons (Fsp3) is 0.0500. The summed E-state index contributed by atoms with van der Waals surface area (Å²) in [5, 5.41) is 6.87. The largest absolute Gasteiger partial charge is 0.322 e. The van der Waals surface area contributed by atoms with Gasteiger partial charge in [-0.2, -0.15) is 0 Å². The maximum atomic E-state index is 12.6. The zero-order valence-corrected chi connectivity index (χ0v) is 14.4. The number of carbonyl (C=O) groups excluding carboxylic acids is 1. The van der Waals surface area contributed by atoms with Gasteiger partial charge < -0.3 is 5.32 Å². The number of carbonyl (C=O) groups is 1. The van der Waals surface area contributed by atoms with Gasteiger partial charge in [-0.15, -0.1) is 11.3 Å². The van der Waals surface area contributed by atoms with Crippen LogP contribution in [0.2, 0.25) is 0 Å². The number of hydrogen-bond acceptors (Lipinski definition) is 4. The number of nitrogens with zero attached hydrogens (tertiary/aromatic N) is 2. The predicted molar refractivity (Wildman–Crippen MR) is 102 cm³/mol. The topological polar surface area (TPSA) is 54.9 Å². The zero-order chi connectivity index (χ0) is 17.2. The van der Waals surface area contributed by atoms with Crippen LogP contribution in [0.5, 0.6) is 0 Å². The van der Waals surface area contributed by atoms with Gasteiger partial charge in [-0.05, 0) is 37.3 Å². The average molecular weight is 345 g/mol. The summed E-state index contributed by atoms with van der Waals surface area (Å²) in [4.78, 5) is 21.4. The van der Waals surface area contributed by atoms with E-state index in [1.165, 1.54) is 0 Å². The minimum Gasteiger partial charge on any atom is -0.322 e. The van der Waals surface area contributed by atoms with Crippen LogP contribution in [0.25, 0.3) is 22.2 Å². The fourth-order valence-electron chi connectivity index (χ4n) is 2.72. The van der Waals surface area contributed by atoms with Gasteiger partial charge in [0.1, 0.15) is 0 Å². The van der Waals surface area contributed by atoms with Crippen molar-refractivity contribution >= 4 is 33.8 Å². The van der Waals surface area contributed by atoms with Crippen LogP contribution in [-0.2, 0) is 0 Å². The second-order valence-electron chi connectivity index (χ2n) is 5.66. The Bertz CT molecular complexity index is 1050. The van der Waals surface area contributed by atoms with Crippen LogP contribution in [0.3, 0.4) is 0 Å². The van der Waals surface area contributed by atoms with Gasteiger partial charge in [0.05, 0.1) is 16.2 Å². The van der Waals surface area contributed by atoms with E-state index in [1.54, 1.807) is 17.5 Å². The lowest BCUT2D eigenvalue weighted by Crippen LogP contribution is -2.12. The Morgan fingerprint density at radius 2 is 1.88 bits per heavy atom. The highest BCUT2D eigenvalue weighted by Crippen LogP contribution is 2.24. The molecule has 0 aliphatic heterocycles. The molecule has 1 N–H and O–H groups in total. The van der Waals surface area contributed by atoms with Crippen molar-refractivity contribution in [2.24, 2.45) is 0 Å². The second kappa shape index (κ2) is 6.45. The summed E-state index contributed by atoms with van der Waals surface area (Å²) in [6.07, 6.45) is 1.73. The highest BCUT2D eigenvalue weighted by atomic mass is 32.1. The van der Waals surface area contributed by atoms with Gasteiger partial charge in [0.25, 0.3) is 5.91 Å². The normalized spacial score (nSPS) is 10.8. The standard InChI is InChI=1S/C20H15N3OS/c1-13-22-19(12-25-13)14-7-9-15(10-8-14)23-20(24)17-4-2-6-18-16(17)5-3-11-21-18/h2-12H,1H3,(H,23,24). The van der Waals surface area contributed by atoms with Crippen LogP contribution in [0.4, 0.5) is 5.69 Å². The summed E-state index contributed by atoms with van der Waals surface area (Å²) in [6, 6.07) is 17.0. The SMILES string of the molecule is Cc1nc(-c2ccc(NC(=O)c3cccc4ncccc34)cc2)cs1. The molecule has 0 unspecified atom stereocenters. The van der Waals surface area contributed by atoms with Crippen molar-refractivity contribution in [3.05, 3.63) is 76.7 Å². The summed E-state index contributed by atoms with van der Waals surface area (Å²) >= 11 is 1.63. The van der Waals surface area contributed by atoms with Crippen LogP contribution in [0.15, 0.2) is 66.2 Å². The molecule has 0 bridgehead atoms. The van der Waals surface area contributed by atoms with Gasteiger partial charge in [0, 0.05) is 33.8 Å². The first kappa shape index (κ1) is 15.5. The Labute approximate surface area is 149 Å². The van der Waals surface area contributed by atoms with E-state index in [1.807, 2.05) is 66.9 Å². The molecule has 2 aromatic heterocycles. The van der Waals surface area contributed by atoms with E-state index < -0.39 is 0 Å². The maximum Gasteiger partial charge on any atom is 0.256 e. The molecular weight excluding hydrogens is 330 g/mol. The highest BCUT2D eigenvalue weighted by Gasteiger charge is 2.11. The molecule has 0 spiro atoms. The third kappa shape index (κ3) is 3.14. The Morgan fingerprint density at radius 3 is 2.64 bits per heavy atom. The third-order valence-electron chi connectivity index (χ3n) is 3.95. The molecule has 5 heteroatoms. The van der Waals surface area contributed by atoms with Crippen LogP contribution in [0.1, 0.15) is 15.4 Å². The first-order valence-electron chi connectivity index (χ1n) is 7.88. The van der Waals surface area contributed by atoms with Gasteiger partial charge in [0.15, 0.2) is 0 Å². The van der Waals surface area contributed by atoms with Crippen molar-refractivity contribution < 1.29 is 4.79 Å². The van der Waals surface area contributed by atoms with Gasteiger partial charge >= 0.3 is 0 Å². The number of thiazole rings is 1. The third-order valence-corrected chi connectivity index (χ3v) is 4.72. The van der Waals surface area contributed by atoms with E-state index in [0.717, 1.165) is 32.9 Å². The lowest BCUT2D eigenvalue weighted by Gasteiger charge is -2.08. The van der Waals surface area contributed by atoms with E-state index in [2.05, 4.69) is 15.3 Å². The number of amides is 1. The van der Waals surface area contributed by atoms with E-state index in [4.69, 9.17) is 0 Å². The smallest absolute Gasteiger partial charge is 0.256 e. The zero-order valence-electron chi connectivity index (χ0n) is 13.6. The molecule has 1 amide bonds. The number of pyridine rings is 1. The van der Waals surface area contributed by atoms with Crippen molar-refractivity contribution in [1.82, 2.24) is 9.97 Å². The van der Waals surface area contributed by atoms with Gasteiger partial charge in [0.2, 0.25) is 0 Å². The summed E-state index contributed by atoms with van der Waals surface area (Å²) in [5.74, 6) is -0.143. The second-order valence-corrected chi connectivity index (χ2v) is 6.72. The van der Waals surface area contributed by atoms with E-state index in [0.29, 0.717) is 5.56 Å². The molecule has 4 aromatic rings. The van der Waals surface area contributed by atoms with Crippen LogP contribution < -0.4 is 5.32 Å². The molecule has 0 radical (unpaired) electrons. The quantitative estimate of drug-likeness (QED) is 0.573. The molecule has 4 rings (SSSR count). The minimum absolute atomic E-state index is 0.143. The summed E-state index contributed by atoms with van der Waals surface area (Å²) in [5.41, 5.74) is 4.17. The number of nitrogens with one attached hydrogen (secondary N) is 1. The van der Waals surface area contributed by atoms with E-state index >= 15 is 0 Å². The molecule has 0 atom stereocenters.